The van der Waals surface area contributed by atoms with E-state index in [0.717, 1.165) is 0 Å². The summed E-state index contributed by atoms with van der Waals surface area (Å²) < 4.78 is 0. The summed E-state index contributed by atoms with van der Waals surface area (Å²) in [5, 5.41) is 0. The van der Waals surface area contributed by atoms with E-state index in [9.17, 15) is 0 Å². The van der Waals surface area contributed by atoms with Crippen molar-refractivity contribution in [1.29, 1.82) is 0 Å². The lowest BCUT2D eigenvalue weighted by molar-refractivity contribution is 0.957. The molecule has 1 aliphatic rings. The third kappa shape index (κ3) is 1.91. The van der Waals surface area contributed by atoms with E-state index in [0.29, 0.717) is 5.92 Å². The molecule has 102 valence electrons. The molecule has 0 radical (unpaired) electrons. The summed E-state index contributed by atoms with van der Waals surface area (Å²) in [6.07, 6.45) is 0. The molecule has 3 aromatic rings. The van der Waals surface area contributed by atoms with Crippen molar-refractivity contribution in [3.63, 3.8) is 0 Å². The van der Waals surface area contributed by atoms with Gasteiger partial charge >= 0.3 is 0 Å². The highest BCUT2D eigenvalue weighted by atomic mass is 14.3. The molecule has 0 aromatic heterocycles. The van der Waals surface area contributed by atoms with Crippen molar-refractivity contribution >= 4 is 0 Å². The zero-order chi connectivity index (χ0) is 14.4. The van der Waals surface area contributed by atoms with Gasteiger partial charge in [0.1, 0.15) is 0 Å². The molecule has 0 N–H and O–H groups in total. The van der Waals surface area contributed by atoms with Crippen molar-refractivity contribution in [3.8, 4) is 22.3 Å². The van der Waals surface area contributed by atoms with Crippen molar-refractivity contribution in [3.05, 3.63) is 83.4 Å². The molecule has 21 heavy (non-hydrogen) atoms. The molecular weight excluding hydrogens is 252 g/mol. The van der Waals surface area contributed by atoms with E-state index in [1.54, 1.807) is 0 Å². The van der Waals surface area contributed by atoms with Crippen LogP contribution in [0.4, 0.5) is 0 Å². The lowest BCUT2D eigenvalue weighted by Crippen LogP contribution is -1.90. The van der Waals surface area contributed by atoms with Crippen LogP contribution in [0.15, 0.2) is 66.7 Å². The minimum absolute atomic E-state index is 0.488. The first-order valence-corrected chi connectivity index (χ1v) is 7.54. The van der Waals surface area contributed by atoms with Gasteiger partial charge in [0, 0.05) is 5.92 Å². The van der Waals surface area contributed by atoms with E-state index in [1.807, 2.05) is 0 Å². The fraction of sp³-hybridized carbons (Fsp3) is 0.143. The molecule has 0 saturated carbocycles. The monoisotopic (exact) mass is 270 g/mol. The lowest BCUT2D eigenvalue weighted by atomic mass is 9.95. The number of hydrogen-bond donors (Lipinski definition) is 0. The van der Waals surface area contributed by atoms with Gasteiger partial charge in [0.15, 0.2) is 0 Å². The summed E-state index contributed by atoms with van der Waals surface area (Å²) in [7, 11) is 0. The number of fused-ring (bicyclic) bond motifs is 3. The predicted molar refractivity (Wildman–Crippen MR) is 89.6 cm³/mol. The summed E-state index contributed by atoms with van der Waals surface area (Å²) in [5.74, 6) is 0.488. The molecule has 1 aliphatic carbocycles. The van der Waals surface area contributed by atoms with Crippen LogP contribution in [0.25, 0.3) is 22.3 Å². The fourth-order valence-corrected chi connectivity index (χ4v) is 3.38. The highest BCUT2D eigenvalue weighted by Crippen LogP contribution is 2.45. The Labute approximate surface area is 126 Å². The van der Waals surface area contributed by atoms with Crippen LogP contribution in [-0.4, -0.2) is 0 Å². The van der Waals surface area contributed by atoms with Gasteiger partial charge in [-0.2, -0.15) is 0 Å². The average molecular weight is 270 g/mol. The topological polar surface area (TPSA) is 0 Å². The second-order valence-corrected chi connectivity index (χ2v) is 5.98. The Morgan fingerprint density at radius 1 is 0.667 bits per heavy atom. The summed E-state index contributed by atoms with van der Waals surface area (Å²) in [6.45, 7) is 4.44. The second-order valence-electron chi connectivity index (χ2n) is 5.98. The minimum atomic E-state index is 0.488. The number of hydrogen-bond acceptors (Lipinski definition) is 0. The Morgan fingerprint density at radius 3 is 2.14 bits per heavy atom. The Kier molecular flexibility index (Phi) is 2.71. The standard InChI is InChI=1S/C21H18/c1-14-7-9-16(10-8-14)17-11-12-20-19-6-4-3-5-18(19)15(2)21(20)13-17/h3-13,15H,1-2H3. The Bertz CT molecular complexity index is 810. The van der Waals surface area contributed by atoms with E-state index in [2.05, 4.69) is 80.6 Å². The van der Waals surface area contributed by atoms with Gasteiger partial charge in [-0.25, -0.2) is 0 Å². The summed E-state index contributed by atoms with van der Waals surface area (Å²) in [6, 6.07) is 24.5. The molecule has 3 aromatic carbocycles. The molecular formula is C21H18. The van der Waals surface area contributed by atoms with Gasteiger partial charge < -0.3 is 0 Å². The Morgan fingerprint density at radius 2 is 1.33 bits per heavy atom. The maximum Gasteiger partial charge on any atom is 0.00735 e. The summed E-state index contributed by atoms with van der Waals surface area (Å²) in [5.41, 5.74) is 9.62. The molecule has 0 nitrogen and oxygen atoms in total. The van der Waals surface area contributed by atoms with Crippen molar-refractivity contribution in [2.45, 2.75) is 19.8 Å². The predicted octanol–water partition coefficient (Wildman–Crippen LogP) is 5.79. The van der Waals surface area contributed by atoms with E-state index in [-0.39, 0.29) is 0 Å². The van der Waals surface area contributed by atoms with Crippen molar-refractivity contribution in [1.82, 2.24) is 0 Å². The number of rotatable bonds is 1. The van der Waals surface area contributed by atoms with E-state index >= 15 is 0 Å². The normalized spacial score (nSPS) is 15.6. The van der Waals surface area contributed by atoms with Gasteiger partial charge in [-0.1, -0.05) is 73.2 Å². The quantitative estimate of drug-likeness (QED) is 0.524. The summed E-state index contributed by atoms with van der Waals surface area (Å²) >= 11 is 0. The highest BCUT2D eigenvalue weighted by Gasteiger charge is 2.24. The van der Waals surface area contributed by atoms with Crippen LogP contribution in [0.2, 0.25) is 0 Å². The van der Waals surface area contributed by atoms with E-state index in [1.165, 1.54) is 38.9 Å². The molecule has 4 rings (SSSR count). The van der Waals surface area contributed by atoms with Crippen LogP contribution in [-0.2, 0) is 0 Å². The van der Waals surface area contributed by atoms with Crippen LogP contribution >= 0.6 is 0 Å². The molecule has 0 amide bonds. The first kappa shape index (κ1) is 12.4. The van der Waals surface area contributed by atoms with Crippen molar-refractivity contribution < 1.29 is 0 Å². The van der Waals surface area contributed by atoms with Gasteiger partial charge in [-0.15, -0.1) is 0 Å². The second kappa shape index (κ2) is 4.60. The van der Waals surface area contributed by atoms with Gasteiger partial charge in [-0.05, 0) is 46.4 Å². The smallest absolute Gasteiger partial charge is 0.00735 e. The van der Waals surface area contributed by atoms with Gasteiger partial charge in [0.2, 0.25) is 0 Å². The molecule has 0 fully saturated rings. The zero-order valence-corrected chi connectivity index (χ0v) is 12.4. The molecule has 1 unspecified atom stereocenters. The van der Waals surface area contributed by atoms with Crippen LogP contribution in [0.3, 0.4) is 0 Å². The third-order valence-electron chi connectivity index (χ3n) is 4.62. The first-order chi connectivity index (χ1) is 10.2. The van der Waals surface area contributed by atoms with Gasteiger partial charge in [0.05, 0.1) is 0 Å². The van der Waals surface area contributed by atoms with Crippen LogP contribution in [0.1, 0.15) is 29.5 Å². The Balaban J connectivity index is 1.85. The molecule has 0 aliphatic heterocycles. The highest BCUT2D eigenvalue weighted by molar-refractivity contribution is 5.81. The van der Waals surface area contributed by atoms with Crippen LogP contribution in [0, 0.1) is 6.92 Å². The number of aryl methyl sites for hydroxylation is 1. The largest absolute Gasteiger partial charge is 0.0619 e. The molecule has 1 atom stereocenters. The maximum atomic E-state index is 2.37. The zero-order valence-electron chi connectivity index (χ0n) is 12.4. The minimum Gasteiger partial charge on any atom is -0.0619 e. The molecule has 0 saturated heterocycles. The fourth-order valence-electron chi connectivity index (χ4n) is 3.38. The average Bonchev–Trinajstić information content (AvgIpc) is 2.81. The van der Waals surface area contributed by atoms with Crippen LogP contribution in [0.5, 0.6) is 0 Å². The first-order valence-electron chi connectivity index (χ1n) is 7.54. The molecule has 0 heterocycles. The van der Waals surface area contributed by atoms with Gasteiger partial charge in [-0.3, -0.25) is 0 Å². The maximum absolute atomic E-state index is 2.37. The molecule has 0 bridgehead atoms. The third-order valence-corrected chi connectivity index (χ3v) is 4.62. The van der Waals surface area contributed by atoms with Crippen molar-refractivity contribution in [2.75, 3.05) is 0 Å². The van der Waals surface area contributed by atoms with Crippen LogP contribution < -0.4 is 0 Å². The SMILES string of the molecule is Cc1ccc(-c2ccc3c(c2)C(C)c2ccccc2-3)cc1. The molecule has 0 heteroatoms. The van der Waals surface area contributed by atoms with E-state index in [4.69, 9.17) is 0 Å². The van der Waals surface area contributed by atoms with E-state index < -0.39 is 0 Å². The molecule has 0 spiro atoms. The summed E-state index contributed by atoms with van der Waals surface area (Å²) in [4.78, 5) is 0. The van der Waals surface area contributed by atoms with Gasteiger partial charge in [0.25, 0.3) is 0 Å². The Hall–Kier alpha value is -2.34. The lowest BCUT2D eigenvalue weighted by Gasteiger charge is -2.09. The number of benzene rings is 3. The van der Waals surface area contributed by atoms with Crippen molar-refractivity contribution in [2.24, 2.45) is 0 Å².